The van der Waals surface area contributed by atoms with Crippen molar-refractivity contribution >= 4 is 11.5 Å². The van der Waals surface area contributed by atoms with Crippen LogP contribution in [0, 0.1) is 16.0 Å². The lowest BCUT2D eigenvalue weighted by molar-refractivity contribution is -0.384. The molecule has 0 amide bonds. The second kappa shape index (κ2) is 8.77. The summed E-state index contributed by atoms with van der Waals surface area (Å²) >= 11 is 0. The van der Waals surface area contributed by atoms with Crippen LogP contribution in [0.25, 0.3) is 0 Å². The van der Waals surface area contributed by atoms with Crippen LogP contribution in [0.4, 0.5) is 5.69 Å². The van der Waals surface area contributed by atoms with Crippen LogP contribution in [0.2, 0.25) is 0 Å². The van der Waals surface area contributed by atoms with Gasteiger partial charge < -0.3 is 9.64 Å². The summed E-state index contributed by atoms with van der Waals surface area (Å²) in [5.41, 5.74) is 1.97. The lowest BCUT2D eigenvalue weighted by Crippen LogP contribution is -2.37. The van der Waals surface area contributed by atoms with Crippen molar-refractivity contribution in [3.63, 3.8) is 0 Å². The van der Waals surface area contributed by atoms with Gasteiger partial charge in [0, 0.05) is 30.2 Å². The maximum Gasteiger partial charge on any atom is 0.269 e. The van der Waals surface area contributed by atoms with Gasteiger partial charge in [0.05, 0.1) is 12.0 Å². The van der Waals surface area contributed by atoms with E-state index in [-0.39, 0.29) is 22.3 Å². The van der Waals surface area contributed by atoms with Crippen LogP contribution in [-0.4, -0.2) is 42.4 Å². The predicted molar refractivity (Wildman–Crippen MR) is 103 cm³/mol. The molecule has 3 rings (SSSR count). The maximum atomic E-state index is 12.7. The number of methoxy groups -OCH3 is 1. The molecule has 0 unspecified atom stereocenters. The van der Waals surface area contributed by atoms with Crippen LogP contribution in [0.5, 0.6) is 5.75 Å². The number of carbonyl (C=O) groups is 1. The third-order valence-corrected chi connectivity index (χ3v) is 5.20. The molecule has 0 radical (unpaired) electrons. The van der Waals surface area contributed by atoms with Crippen molar-refractivity contribution < 1.29 is 14.5 Å². The van der Waals surface area contributed by atoms with Gasteiger partial charge in [-0.2, -0.15) is 0 Å². The molecule has 6 heteroatoms. The minimum Gasteiger partial charge on any atom is -0.497 e. The van der Waals surface area contributed by atoms with E-state index in [2.05, 4.69) is 4.90 Å². The summed E-state index contributed by atoms with van der Waals surface area (Å²) in [6, 6.07) is 14.1. The number of rotatable bonds is 7. The topological polar surface area (TPSA) is 72.7 Å². The molecule has 0 aliphatic carbocycles. The number of hydrogen-bond donors (Lipinski definition) is 0. The molecule has 1 saturated heterocycles. The molecule has 0 N–H and O–H groups in total. The Hall–Kier alpha value is -2.73. The molecule has 142 valence electrons. The largest absolute Gasteiger partial charge is 0.497 e. The van der Waals surface area contributed by atoms with Gasteiger partial charge in [0.15, 0.2) is 5.78 Å². The molecule has 0 saturated carbocycles. The van der Waals surface area contributed by atoms with Crippen molar-refractivity contribution in [2.75, 3.05) is 26.7 Å². The zero-order chi connectivity index (χ0) is 19.2. The third kappa shape index (κ3) is 4.92. The van der Waals surface area contributed by atoms with E-state index in [9.17, 15) is 14.9 Å². The highest BCUT2D eigenvalue weighted by atomic mass is 16.6. The quantitative estimate of drug-likeness (QED) is 0.423. The zero-order valence-corrected chi connectivity index (χ0v) is 15.5. The number of nitro benzene ring substituents is 1. The number of ether oxygens (including phenoxy) is 1. The number of non-ortho nitro benzene ring substituents is 1. The number of likely N-dealkylation sites (tertiary alicyclic amines) is 1. The number of benzene rings is 2. The van der Waals surface area contributed by atoms with Gasteiger partial charge in [-0.25, -0.2) is 0 Å². The van der Waals surface area contributed by atoms with Gasteiger partial charge in [-0.1, -0.05) is 12.1 Å². The Morgan fingerprint density at radius 3 is 2.30 bits per heavy atom. The van der Waals surface area contributed by atoms with E-state index in [4.69, 9.17) is 4.74 Å². The maximum absolute atomic E-state index is 12.7. The first-order chi connectivity index (χ1) is 13.1. The van der Waals surface area contributed by atoms with Gasteiger partial charge in [-0.3, -0.25) is 14.9 Å². The van der Waals surface area contributed by atoms with Crippen LogP contribution < -0.4 is 4.74 Å². The number of nitro groups is 1. The van der Waals surface area contributed by atoms with Crippen LogP contribution in [0.1, 0.15) is 28.8 Å². The summed E-state index contributed by atoms with van der Waals surface area (Å²) in [5.74, 6) is 1.05. The highest BCUT2D eigenvalue weighted by Gasteiger charge is 2.25. The summed E-state index contributed by atoms with van der Waals surface area (Å²) in [7, 11) is 1.61. The normalized spacial score (nSPS) is 15.4. The number of Topliss-reactive ketones (excluding diaryl/α,β-unsaturated/α-hetero) is 1. The average molecular weight is 368 g/mol. The van der Waals surface area contributed by atoms with Gasteiger partial charge in [-0.15, -0.1) is 0 Å². The molecule has 2 aromatic rings. The lowest BCUT2D eigenvalue weighted by atomic mass is 9.88. The van der Waals surface area contributed by atoms with E-state index in [0.29, 0.717) is 0 Å². The molecule has 2 aromatic carbocycles. The summed E-state index contributed by atoms with van der Waals surface area (Å²) < 4.78 is 5.14. The molecule has 6 nitrogen and oxygen atoms in total. The van der Waals surface area contributed by atoms with Gasteiger partial charge in [0.1, 0.15) is 5.75 Å². The van der Waals surface area contributed by atoms with Crippen molar-refractivity contribution in [1.82, 2.24) is 4.90 Å². The van der Waals surface area contributed by atoms with Gasteiger partial charge in [0.2, 0.25) is 0 Å². The number of ketones is 1. The minimum absolute atomic E-state index is 0.0778. The molecule has 0 bridgehead atoms. The minimum atomic E-state index is -0.381. The fourth-order valence-electron chi connectivity index (χ4n) is 3.48. The highest BCUT2D eigenvalue weighted by Crippen LogP contribution is 2.23. The Morgan fingerprint density at radius 1 is 1.11 bits per heavy atom. The first-order valence-electron chi connectivity index (χ1n) is 9.21. The van der Waals surface area contributed by atoms with E-state index in [1.807, 2.05) is 36.4 Å². The number of carbonyl (C=O) groups excluding carboxylic acids is 1. The molecule has 1 aliphatic heterocycles. The molecule has 1 aliphatic rings. The second-order valence-corrected chi connectivity index (χ2v) is 6.88. The number of nitrogens with zero attached hydrogens (tertiary/aromatic N) is 2. The van der Waals surface area contributed by atoms with Crippen molar-refractivity contribution in [3.05, 3.63) is 69.8 Å². The van der Waals surface area contributed by atoms with E-state index in [1.165, 1.54) is 0 Å². The summed E-state index contributed by atoms with van der Waals surface area (Å²) in [5, 5.41) is 10.7. The number of hydrogen-bond acceptors (Lipinski definition) is 5. The van der Waals surface area contributed by atoms with Gasteiger partial charge in [0.25, 0.3) is 5.69 Å². The lowest BCUT2D eigenvalue weighted by Gasteiger charge is -2.31. The van der Waals surface area contributed by atoms with Gasteiger partial charge in [-0.05, 0) is 62.2 Å². The molecule has 27 heavy (non-hydrogen) atoms. The Kier molecular flexibility index (Phi) is 6.19. The van der Waals surface area contributed by atoms with Crippen LogP contribution in [-0.2, 0) is 6.42 Å². The first-order valence-corrected chi connectivity index (χ1v) is 9.21. The fraction of sp³-hybridized carbons (Fsp3) is 0.381. The van der Waals surface area contributed by atoms with E-state index < -0.39 is 0 Å². The Labute approximate surface area is 158 Å². The molecule has 0 spiro atoms. The Bertz CT molecular complexity index is 779. The number of piperidine rings is 1. The monoisotopic (exact) mass is 368 g/mol. The smallest absolute Gasteiger partial charge is 0.269 e. The highest BCUT2D eigenvalue weighted by molar-refractivity contribution is 5.98. The molecular formula is C21H24N2O4. The second-order valence-electron chi connectivity index (χ2n) is 6.88. The standard InChI is InChI=1S/C21H24N2O4/c1-27-20-8-4-17(5-9-20)21(24)18-11-14-22(15-12-18)13-10-16-2-6-19(7-3-16)23(25)26/h2-9,18H,10-15H2,1H3. The van der Waals surface area contributed by atoms with Crippen LogP contribution in [0.3, 0.4) is 0 Å². The van der Waals surface area contributed by atoms with Gasteiger partial charge >= 0.3 is 0 Å². The zero-order valence-electron chi connectivity index (χ0n) is 15.5. The van der Waals surface area contributed by atoms with E-state index in [0.717, 1.165) is 55.8 Å². The Balaban J connectivity index is 1.46. The molecule has 1 heterocycles. The molecule has 0 atom stereocenters. The summed E-state index contributed by atoms with van der Waals surface area (Å²) in [6.07, 6.45) is 2.59. The van der Waals surface area contributed by atoms with E-state index >= 15 is 0 Å². The predicted octanol–water partition coefficient (Wildman–Crippen LogP) is 3.74. The van der Waals surface area contributed by atoms with E-state index in [1.54, 1.807) is 19.2 Å². The first kappa shape index (κ1) is 19.0. The molecule has 1 fully saturated rings. The Morgan fingerprint density at radius 2 is 1.74 bits per heavy atom. The molecular weight excluding hydrogens is 344 g/mol. The third-order valence-electron chi connectivity index (χ3n) is 5.20. The SMILES string of the molecule is COc1ccc(C(=O)C2CCN(CCc3ccc([N+](=O)[O-])cc3)CC2)cc1. The summed E-state index contributed by atoms with van der Waals surface area (Å²) in [6.45, 7) is 2.71. The average Bonchev–Trinajstić information content (AvgIpc) is 2.72. The van der Waals surface area contributed by atoms with Crippen LogP contribution in [0.15, 0.2) is 48.5 Å². The van der Waals surface area contributed by atoms with Crippen molar-refractivity contribution in [2.24, 2.45) is 5.92 Å². The van der Waals surface area contributed by atoms with Crippen molar-refractivity contribution in [1.29, 1.82) is 0 Å². The van der Waals surface area contributed by atoms with Crippen molar-refractivity contribution in [2.45, 2.75) is 19.3 Å². The van der Waals surface area contributed by atoms with Crippen molar-refractivity contribution in [3.8, 4) is 5.75 Å². The fourth-order valence-corrected chi connectivity index (χ4v) is 3.48. The van der Waals surface area contributed by atoms with Crippen LogP contribution >= 0.6 is 0 Å². The summed E-state index contributed by atoms with van der Waals surface area (Å²) in [4.78, 5) is 25.3. The molecule has 0 aromatic heterocycles.